The van der Waals surface area contributed by atoms with Crippen LogP contribution in [0.5, 0.6) is 0 Å². The summed E-state index contributed by atoms with van der Waals surface area (Å²) >= 11 is 7.97. The minimum atomic E-state index is -3.66. The Balaban J connectivity index is 3.39. The van der Waals surface area contributed by atoms with E-state index in [4.69, 9.17) is 5.14 Å². The zero-order chi connectivity index (χ0) is 9.35. The molecule has 0 aliphatic rings. The monoisotopic (exact) mass is 221 g/mol. The van der Waals surface area contributed by atoms with Gasteiger partial charge < -0.3 is 0 Å². The van der Waals surface area contributed by atoms with Crippen molar-refractivity contribution in [3.05, 3.63) is 18.2 Å². The maximum atomic E-state index is 10.9. The molecule has 0 spiro atoms. The fraction of sp³-hybridized carbons (Fsp3) is 0. The predicted molar refractivity (Wildman–Crippen MR) is 52.3 cm³/mol. The van der Waals surface area contributed by atoms with Crippen molar-refractivity contribution in [1.29, 1.82) is 0 Å². The Bertz CT molecular complexity index is 399. The van der Waals surface area contributed by atoms with Crippen LogP contribution in [0.1, 0.15) is 0 Å². The number of primary sulfonamides is 1. The third kappa shape index (κ3) is 2.16. The zero-order valence-corrected chi connectivity index (χ0v) is 8.53. The summed E-state index contributed by atoms with van der Waals surface area (Å²) < 4.78 is 21.7. The molecule has 3 nitrogen and oxygen atoms in total. The van der Waals surface area contributed by atoms with Gasteiger partial charge in [0.25, 0.3) is 0 Å². The van der Waals surface area contributed by atoms with Crippen LogP contribution >= 0.6 is 25.3 Å². The molecule has 0 heterocycles. The maximum absolute atomic E-state index is 10.9. The summed E-state index contributed by atoms with van der Waals surface area (Å²) in [7, 11) is -3.66. The van der Waals surface area contributed by atoms with Crippen molar-refractivity contribution in [2.45, 2.75) is 14.7 Å². The van der Waals surface area contributed by atoms with Crippen molar-refractivity contribution in [1.82, 2.24) is 0 Å². The van der Waals surface area contributed by atoms with Gasteiger partial charge in [-0.1, -0.05) is 0 Å². The summed E-state index contributed by atoms with van der Waals surface area (Å²) in [6.07, 6.45) is 0. The molecule has 0 radical (unpaired) electrons. The topological polar surface area (TPSA) is 60.2 Å². The Labute approximate surface area is 81.8 Å². The average molecular weight is 221 g/mol. The molecule has 0 aliphatic carbocycles. The number of rotatable bonds is 1. The van der Waals surface area contributed by atoms with Gasteiger partial charge in [0.05, 0.1) is 4.90 Å². The van der Waals surface area contributed by atoms with Gasteiger partial charge in [-0.05, 0) is 18.2 Å². The van der Waals surface area contributed by atoms with E-state index in [1.807, 2.05) is 0 Å². The lowest BCUT2D eigenvalue weighted by Gasteiger charge is -2.01. The van der Waals surface area contributed by atoms with Gasteiger partial charge >= 0.3 is 0 Å². The summed E-state index contributed by atoms with van der Waals surface area (Å²) in [4.78, 5) is 0.973. The van der Waals surface area contributed by atoms with Gasteiger partial charge in [-0.2, -0.15) is 0 Å². The second kappa shape index (κ2) is 3.29. The van der Waals surface area contributed by atoms with Gasteiger partial charge in [-0.25, -0.2) is 13.6 Å². The normalized spacial score (nSPS) is 11.6. The predicted octanol–water partition coefficient (Wildman–Crippen LogP) is 0.911. The van der Waals surface area contributed by atoms with Crippen LogP contribution in [-0.2, 0) is 10.0 Å². The standard InChI is InChI=1S/C6H7NO2S3/c7-12(8,9)6-2-1-4(10)3-5(6)11/h1-3,10-11H,(H2,7,8,9). The molecule has 12 heavy (non-hydrogen) atoms. The molecule has 0 saturated carbocycles. The smallest absolute Gasteiger partial charge is 0.225 e. The molecule has 0 atom stereocenters. The fourth-order valence-corrected chi connectivity index (χ4v) is 2.26. The molecule has 0 bridgehead atoms. The quantitative estimate of drug-likeness (QED) is 0.617. The molecule has 1 aromatic carbocycles. The Morgan fingerprint density at radius 1 is 1.25 bits per heavy atom. The lowest BCUT2D eigenvalue weighted by atomic mass is 10.4. The molecule has 0 aliphatic heterocycles. The lowest BCUT2D eigenvalue weighted by Crippen LogP contribution is -2.12. The molecule has 6 heteroatoms. The van der Waals surface area contributed by atoms with Crippen molar-refractivity contribution in [3.8, 4) is 0 Å². The summed E-state index contributed by atoms with van der Waals surface area (Å²) in [5.74, 6) is 0. The first kappa shape index (κ1) is 9.91. The van der Waals surface area contributed by atoms with E-state index >= 15 is 0 Å². The van der Waals surface area contributed by atoms with Crippen LogP contribution in [0.2, 0.25) is 0 Å². The van der Waals surface area contributed by atoms with Gasteiger partial charge in [-0.15, -0.1) is 25.3 Å². The van der Waals surface area contributed by atoms with Crippen LogP contribution in [0.25, 0.3) is 0 Å². The largest absolute Gasteiger partial charge is 0.239 e. The highest BCUT2D eigenvalue weighted by Gasteiger charge is 2.10. The first-order valence-corrected chi connectivity index (χ1v) is 5.40. The van der Waals surface area contributed by atoms with Crippen LogP contribution in [0, 0.1) is 0 Å². The van der Waals surface area contributed by atoms with Crippen molar-refractivity contribution < 1.29 is 8.42 Å². The van der Waals surface area contributed by atoms with E-state index in [-0.39, 0.29) is 4.90 Å². The van der Waals surface area contributed by atoms with Crippen LogP contribution in [-0.4, -0.2) is 8.42 Å². The number of hydrogen-bond acceptors (Lipinski definition) is 4. The van der Waals surface area contributed by atoms with E-state index in [1.54, 1.807) is 6.07 Å². The van der Waals surface area contributed by atoms with Crippen molar-refractivity contribution >= 4 is 35.3 Å². The van der Waals surface area contributed by atoms with Gasteiger partial charge in [0, 0.05) is 9.79 Å². The number of benzene rings is 1. The van der Waals surface area contributed by atoms with E-state index in [2.05, 4.69) is 25.3 Å². The second-order valence-corrected chi connectivity index (χ2v) is 4.73. The van der Waals surface area contributed by atoms with Crippen LogP contribution < -0.4 is 5.14 Å². The molecule has 1 rings (SSSR count). The third-order valence-corrected chi connectivity index (χ3v) is 3.02. The van der Waals surface area contributed by atoms with Crippen molar-refractivity contribution in [2.75, 3.05) is 0 Å². The fourth-order valence-electron chi connectivity index (χ4n) is 0.746. The highest BCUT2D eigenvalue weighted by Crippen LogP contribution is 2.21. The SMILES string of the molecule is NS(=O)(=O)c1ccc(S)cc1S. The molecular weight excluding hydrogens is 214 g/mol. The number of hydrogen-bond donors (Lipinski definition) is 3. The second-order valence-electron chi connectivity index (χ2n) is 2.20. The van der Waals surface area contributed by atoms with E-state index in [0.717, 1.165) is 0 Å². The number of sulfonamides is 1. The van der Waals surface area contributed by atoms with Crippen LogP contribution in [0.4, 0.5) is 0 Å². The molecule has 0 unspecified atom stereocenters. The molecule has 2 N–H and O–H groups in total. The van der Waals surface area contributed by atoms with Crippen LogP contribution in [0.15, 0.2) is 32.9 Å². The van der Waals surface area contributed by atoms with Gasteiger partial charge in [0.1, 0.15) is 0 Å². The highest BCUT2D eigenvalue weighted by molar-refractivity contribution is 7.90. The van der Waals surface area contributed by atoms with E-state index in [1.165, 1.54) is 12.1 Å². The van der Waals surface area contributed by atoms with E-state index in [9.17, 15) is 8.42 Å². The molecular formula is C6H7NO2S3. The maximum Gasteiger partial charge on any atom is 0.239 e. The summed E-state index contributed by atoms with van der Waals surface area (Å²) in [5, 5.41) is 4.91. The molecule has 1 aromatic rings. The van der Waals surface area contributed by atoms with Crippen molar-refractivity contribution in [2.24, 2.45) is 5.14 Å². The minimum Gasteiger partial charge on any atom is -0.225 e. The molecule has 0 amide bonds. The molecule has 0 saturated heterocycles. The van der Waals surface area contributed by atoms with E-state index < -0.39 is 10.0 Å². The Morgan fingerprint density at radius 2 is 1.83 bits per heavy atom. The Kier molecular flexibility index (Phi) is 2.72. The van der Waals surface area contributed by atoms with Gasteiger partial charge in [-0.3, -0.25) is 0 Å². The highest BCUT2D eigenvalue weighted by atomic mass is 32.2. The lowest BCUT2D eigenvalue weighted by molar-refractivity contribution is 0.595. The third-order valence-electron chi connectivity index (χ3n) is 1.25. The van der Waals surface area contributed by atoms with Gasteiger partial charge in [0.15, 0.2) is 0 Å². The van der Waals surface area contributed by atoms with E-state index in [0.29, 0.717) is 9.79 Å². The average Bonchev–Trinajstić information content (AvgIpc) is 1.83. The first-order chi connectivity index (χ1) is 5.41. The Morgan fingerprint density at radius 3 is 2.25 bits per heavy atom. The summed E-state index contributed by atoms with van der Waals surface area (Å²) in [6.45, 7) is 0. The van der Waals surface area contributed by atoms with Crippen molar-refractivity contribution in [3.63, 3.8) is 0 Å². The zero-order valence-electron chi connectivity index (χ0n) is 5.93. The Hall–Kier alpha value is -0.170. The number of nitrogens with two attached hydrogens (primary N) is 1. The summed E-state index contributed by atoms with van der Waals surface area (Å²) in [5.41, 5.74) is 0. The minimum absolute atomic E-state index is 0.0173. The molecule has 0 aromatic heterocycles. The first-order valence-electron chi connectivity index (χ1n) is 2.96. The molecule has 66 valence electrons. The molecule has 0 fully saturated rings. The van der Waals surface area contributed by atoms with Crippen LogP contribution in [0.3, 0.4) is 0 Å². The van der Waals surface area contributed by atoms with Gasteiger partial charge in [0.2, 0.25) is 10.0 Å². The summed E-state index contributed by atoms with van der Waals surface area (Å²) in [6, 6.07) is 4.44. The number of thiol groups is 2.